The third-order valence-electron chi connectivity index (χ3n) is 4.15. The Bertz CT molecular complexity index is 358. The fourth-order valence-corrected chi connectivity index (χ4v) is 2.95. The van der Waals surface area contributed by atoms with E-state index in [9.17, 15) is 9.90 Å². The van der Waals surface area contributed by atoms with Gasteiger partial charge in [-0.1, -0.05) is 6.92 Å². The van der Waals surface area contributed by atoms with Crippen LogP contribution in [0.3, 0.4) is 0 Å². The molecule has 2 rings (SSSR count). The summed E-state index contributed by atoms with van der Waals surface area (Å²) >= 11 is 0. The third-order valence-corrected chi connectivity index (χ3v) is 4.15. The monoisotopic (exact) mass is 224 g/mol. The van der Waals surface area contributed by atoms with Gasteiger partial charge in [0.2, 0.25) is 5.78 Å². The van der Waals surface area contributed by atoms with E-state index in [4.69, 9.17) is 4.74 Å². The lowest BCUT2D eigenvalue weighted by Gasteiger charge is -2.32. The first-order chi connectivity index (χ1) is 7.31. The SMILES string of the molecule is CC(C)OC1=C[C@@]2(O)[C@@H](C)CC[C@@]2(C)C1=O. The van der Waals surface area contributed by atoms with Crippen molar-refractivity contribution in [2.75, 3.05) is 0 Å². The molecule has 2 aliphatic carbocycles. The van der Waals surface area contributed by atoms with Crippen LogP contribution in [-0.2, 0) is 9.53 Å². The fraction of sp³-hybridized carbons (Fsp3) is 0.769. The predicted octanol–water partition coefficient (Wildman–Crippen LogP) is 2.05. The molecule has 1 fully saturated rings. The molecule has 3 atom stereocenters. The molecule has 0 aliphatic heterocycles. The lowest BCUT2D eigenvalue weighted by atomic mass is 9.75. The van der Waals surface area contributed by atoms with Crippen molar-refractivity contribution in [3.05, 3.63) is 11.8 Å². The summed E-state index contributed by atoms with van der Waals surface area (Å²) in [6, 6.07) is 0. The van der Waals surface area contributed by atoms with Crippen molar-refractivity contribution in [3.63, 3.8) is 0 Å². The van der Waals surface area contributed by atoms with Crippen LogP contribution in [0, 0.1) is 11.3 Å². The maximum Gasteiger partial charge on any atom is 0.206 e. The first-order valence-corrected chi connectivity index (χ1v) is 5.98. The molecule has 0 aromatic heterocycles. The second kappa shape index (κ2) is 3.33. The average Bonchev–Trinajstić information content (AvgIpc) is 2.51. The van der Waals surface area contributed by atoms with E-state index < -0.39 is 11.0 Å². The number of ketones is 1. The van der Waals surface area contributed by atoms with E-state index in [-0.39, 0.29) is 17.8 Å². The minimum absolute atomic E-state index is 0.0310. The molecular weight excluding hydrogens is 204 g/mol. The quantitative estimate of drug-likeness (QED) is 0.780. The Hall–Kier alpha value is -0.830. The second-order valence-electron chi connectivity index (χ2n) is 5.60. The zero-order valence-corrected chi connectivity index (χ0v) is 10.4. The average molecular weight is 224 g/mol. The summed E-state index contributed by atoms with van der Waals surface area (Å²) < 4.78 is 5.49. The lowest BCUT2D eigenvalue weighted by Crippen LogP contribution is -2.44. The number of hydrogen-bond donors (Lipinski definition) is 1. The molecular formula is C13H20O3. The Balaban J connectivity index is 2.37. The van der Waals surface area contributed by atoms with Gasteiger partial charge in [0.15, 0.2) is 5.76 Å². The number of allylic oxidation sites excluding steroid dienone is 1. The topological polar surface area (TPSA) is 46.5 Å². The smallest absolute Gasteiger partial charge is 0.206 e. The van der Waals surface area contributed by atoms with Crippen molar-refractivity contribution in [1.82, 2.24) is 0 Å². The van der Waals surface area contributed by atoms with Crippen LogP contribution in [0.1, 0.15) is 40.5 Å². The Morgan fingerprint density at radius 2 is 2.19 bits per heavy atom. The van der Waals surface area contributed by atoms with Gasteiger partial charge in [0.1, 0.15) is 5.60 Å². The predicted molar refractivity (Wildman–Crippen MR) is 60.8 cm³/mol. The Morgan fingerprint density at radius 1 is 1.56 bits per heavy atom. The summed E-state index contributed by atoms with van der Waals surface area (Å²) in [6.07, 6.45) is 3.25. The highest BCUT2D eigenvalue weighted by molar-refractivity contribution is 6.02. The zero-order chi connectivity index (χ0) is 12.1. The first kappa shape index (κ1) is 11.6. The van der Waals surface area contributed by atoms with Gasteiger partial charge in [0.05, 0.1) is 11.5 Å². The van der Waals surface area contributed by atoms with Gasteiger partial charge in [-0.15, -0.1) is 0 Å². The number of carbonyl (C=O) groups excluding carboxylic acids is 1. The van der Waals surface area contributed by atoms with Gasteiger partial charge >= 0.3 is 0 Å². The number of carbonyl (C=O) groups is 1. The summed E-state index contributed by atoms with van der Waals surface area (Å²) in [6.45, 7) is 7.62. The number of Topliss-reactive ketones (excluding diaryl/α,β-unsaturated/α-hetero) is 1. The molecule has 0 heterocycles. The van der Waals surface area contributed by atoms with Crippen LogP contribution < -0.4 is 0 Å². The molecule has 1 N–H and O–H groups in total. The molecule has 0 radical (unpaired) electrons. The second-order valence-corrected chi connectivity index (χ2v) is 5.60. The van der Waals surface area contributed by atoms with Crippen molar-refractivity contribution in [3.8, 4) is 0 Å². The van der Waals surface area contributed by atoms with E-state index in [1.165, 1.54) is 0 Å². The molecule has 3 heteroatoms. The number of hydrogen-bond acceptors (Lipinski definition) is 3. The van der Waals surface area contributed by atoms with Gasteiger partial charge in [-0.3, -0.25) is 4.79 Å². The van der Waals surface area contributed by atoms with Gasteiger partial charge in [-0.05, 0) is 45.6 Å². The minimum atomic E-state index is -1.01. The molecule has 0 saturated heterocycles. The number of ether oxygens (including phenoxy) is 1. The highest BCUT2D eigenvalue weighted by Gasteiger charge is 2.63. The molecule has 0 bridgehead atoms. The number of aliphatic hydroxyl groups is 1. The van der Waals surface area contributed by atoms with E-state index in [0.29, 0.717) is 5.76 Å². The van der Waals surface area contributed by atoms with E-state index in [1.54, 1.807) is 6.08 Å². The van der Waals surface area contributed by atoms with Crippen LogP contribution in [0.15, 0.2) is 11.8 Å². The summed E-state index contributed by atoms with van der Waals surface area (Å²) in [7, 11) is 0. The standard InChI is InChI=1S/C13H20O3/c1-8(2)16-10-7-13(15)9(3)5-6-12(13,4)11(10)14/h7-9,15H,5-6H2,1-4H3/t9-,12-,13+/m0/s1. The van der Waals surface area contributed by atoms with Crippen molar-refractivity contribution in [2.24, 2.45) is 11.3 Å². The minimum Gasteiger partial charge on any atom is -0.487 e. The van der Waals surface area contributed by atoms with Gasteiger partial charge in [0, 0.05) is 0 Å². The molecule has 0 aromatic carbocycles. The third kappa shape index (κ3) is 1.27. The molecule has 0 amide bonds. The maximum atomic E-state index is 12.2. The molecule has 90 valence electrons. The van der Waals surface area contributed by atoms with Gasteiger partial charge in [0.25, 0.3) is 0 Å². The Morgan fingerprint density at radius 3 is 2.69 bits per heavy atom. The summed E-state index contributed by atoms with van der Waals surface area (Å²) in [4.78, 5) is 12.2. The highest BCUT2D eigenvalue weighted by Crippen LogP contribution is 2.56. The normalized spacial score (nSPS) is 42.5. The molecule has 2 aliphatic rings. The Labute approximate surface area is 96.5 Å². The van der Waals surface area contributed by atoms with Gasteiger partial charge in [-0.25, -0.2) is 0 Å². The number of rotatable bonds is 2. The highest BCUT2D eigenvalue weighted by atomic mass is 16.5. The summed E-state index contributed by atoms with van der Waals surface area (Å²) in [5.74, 6) is 0.439. The van der Waals surface area contributed by atoms with E-state index in [2.05, 4.69) is 0 Å². The molecule has 0 aromatic rings. The van der Waals surface area contributed by atoms with Crippen LogP contribution in [0.5, 0.6) is 0 Å². The molecule has 0 spiro atoms. The van der Waals surface area contributed by atoms with Crippen LogP contribution in [-0.4, -0.2) is 22.6 Å². The fourth-order valence-electron chi connectivity index (χ4n) is 2.95. The summed E-state index contributed by atoms with van der Waals surface area (Å²) in [5, 5.41) is 10.6. The Kier molecular flexibility index (Phi) is 2.42. The summed E-state index contributed by atoms with van der Waals surface area (Å²) in [5.41, 5.74) is -1.68. The lowest BCUT2D eigenvalue weighted by molar-refractivity contribution is -0.134. The van der Waals surface area contributed by atoms with Crippen molar-refractivity contribution in [2.45, 2.75) is 52.2 Å². The molecule has 16 heavy (non-hydrogen) atoms. The van der Waals surface area contributed by atoms with Gasteiger partial charge in [-0.2, -0.15) is 0 Å². The molecule has 0 unspecified atom stereocenters. The van der Waals surface area contributed by atoms with E-state index in [1.807, 2.05) is 27.7 Å². The van der Waals surface area contributed by atoms with Crippen molar-refractivity contribution < 1.29 is 14.6 Å². The molecule has 1 saturated carbocycles. The van der Waals surface area contributed by atoms with E-state index in [0.717, 1.165) is 12.8 Å². The maximum absolute atomic E-state index is 12.2. The van der Waals surface area contributed by atoms with Crippen molar-refractivity contribution in [1.29, 1.82) is 0 Å². The van der Waals surface area contributed by atoms with Crippen LogP contribution in [0.2, 0.25) is 0 Å². The van der Waals surface area contributed by atoms with Crippen LogP contribution >= 0.6 is 0 Å². The van der Waals surface area contributed by atoms with Crippen LogP contribution in [0.25, 0.3) is 0 Å². The van der Waals surface area contributed by atoms with E-state index >= 15 is 0 Å². The molecule has 3 nitrogen and oxygen atoms in total. The zero-order valence-electron chi connectivity index (χ0n) is 10.4. The number of fused-ring (bicyclic) bond motifs is 1. The van der Waals surface area contributed by atoms with Crippen LogP contribution in [0.4, 0.5) is 0 Å². The van der Waals surface area contributed by atoms with Gasteiger partial charge < -0.3 is 9.84 Å². The van der Waals surface area contributed by atoms with Crippen molar-refractivity contribution >= 4 is 5.78 Å². The largest absolute Gasteiger partial charge is 0.487 e. The first-order valence-electron chi connectivity index (χ1n) is 5.98.